The maximum Gasteiger partial charge on any atom is 0.225 e. The predicted octanol–water partition coefficient (Wildman–Crippen LogP) is 6.75. The maximum atomic E-state index is 12.7. The molecule has 36 heavy (non-hydrogen) atoms. The summed E-state index contributed by atoms with van der Waals surface area (Å²) in [6.45, 7) is 4.12. The number of aryl methyl sites for hydroxylation is 2. The minimum absolute atomic E-state index is 0.00353. The van der Waals surface area contributed by atoms with Crippen molar-refractivity contribution in [3.63, 3.8) is 0 Å². The number of para-hydroxylation sites is 1. The number of nitrogens with one attached hydrogen (secondary N) is 2. The van der Waals surface area contributed by atoms with Gasteiger partial charge in [-0.25, -0.2) is 4.98 Å². The molecule has 0 saturated heterocycles. The molecule has 0 fully saturated rings. The average Bonchev–Trinajstić information content (AvgIpc) is 3.34. The van der Waals surface area contributed by atoms with E-state index < -0.39 is 0 Å². The number of nitrogens with zero attached hydrogens (tertiary/aromatic N) is 1. The van der Waals surface area contributed by atoms with Crippen molar-refractivity contribution in [3.05, 3.63) is 77.9 Å². The molecule has 0 spiro atoms. The summed E-state index contributed by atoms with van der Waals surface area (Å²) in [5.74, 6) is 2.20. The number of benzene rings is 3. The number of aromatic amines is 1. The van der Waals surface area contributed by atoms with Crippen molar-refractivity contribution in [1.82, 2.24) is 9.97 Å². The minimum Gasteiger partial charge on any atom is -0.497 e. The molecule has 1 heterocycles. The molecular weight excluding hydrogens is 470 g/mol. The second-order valence-corrected chi connectivity index (χ2v) is 9.42. The first-order valence-electron chi connectivity index (χ1n) is 11.9. The third kappa shape index (κ3) is 5.91. The van der Waals surface area contributed by atoms with Crippen molar-refractivity contribution in [1.29, 1.82) is 0 Å². The van der Waals surface area contributed by atoms with Gasteiger partial charge in [0.2, 0.25) is 5.91 Å². The van der Waals surface area contributed by atoms with Crippen molar-refractivity contribution in [2.75, 3.05) is 25.3 Å². The molecule has 0 atom stereocenters. The van der Waals surface area contributed by atoms with Crippen LogP contribution in [0.1, 0.15) is 24.5 Å². The van der Waals surface area contributed by atoms with Gasteiger partial charge in [-0.2, -0.15) is 0 Å². The minimum atomic E-state index is 0.00353. The SMILES string of the molecule is CCc1cccc(C)c1NC(=O)CCSc1nc(-c2ccc(OC)cc2)c(-c2ccc(OC)cc2)[nH]1. The number of anilines is 1. The van der Waals surface area contributed by atoms with E-state index in [1.165, 1.54) is 11.8 Å². The third-order valence-electron chi connectivity index (χ3n) is 6.00. The van der Waals surface area contributed by atoms with Crippen LogP contribution in [0.4, 0.5) is 5.69 Å². The number of methoxy groups -OCH3 is 2. The summed E-state index contributed by atoms with van der Waals surface area (Å²) in [5, 5.41) is 3.87. The number of carbonyl (C=O) groups is 1. The van der Waals surface area contributed by atoms with Crippen molar-refractivity contribution >= 4 is 23.4 Å². The lowest BCUT2D eigenvalue weighted by Gasteiger charge is -2.12. The zero-order valence-corrected chi connectivity index (χ0v) is 21.9. The van der Waals surface area contributed by atoms with Gasteiger partial charge in [0.15, 0.2) is 5.16 Å². The van der Waals surface area contributed by atoms with Gasteiger partial charge in [-0.05, 0) is 73.0 Å². The average molecular weight is 502 g/mol. The van der Waals surface area contributed by atoms with Gasteiger partial charge in [0.1, 0.15) is 11.5 Å². The van der Waals surface area contributed by atoms with E-state index in [9.17, 15) is 4.79 Å². The molecule has 1 amide bonds. The number of aromatic nitrogens is 2. The van der Waals surface area contributed by atoms with Crippen molar-refractivity contribution in [3.8, 4) is 34.0 Å². The highest BCUT2D eigenvalue weighted by atomic mass is 32.2. The van der Waals surface area contributed by atoms with Crippen LogP contribution in [0.25, 0.3) is 22.5 Å². The summed E-state index contributed by atoms with van der Waals surface area (Å²) in [6, 6.07) is 21.8. The third-order valence-corrected chi connectivity index (χ3v) is 6.87. The molecule has 2 N–H and O–H groups in total. The van der Waals surface area contributed by atoms with Gasteiger partial charge < -0.3 is 19.8 Å². The summed E-state index contributed by atoms with van der Waals surface area (Å²) in [6.07, 6.45) is 1.26. The van der Waals surface area contributed by atoms with Gasteiger partial charge in [0, 0.05) is 29.0 Å². The Kier molecular flexibility index (Phi) is 8.33. The highest BCUT2D eigenvalue weighted by Crippen LogP contribution is 2.34. The molecule has 0 aliphatic heterocycles. The Labute approximate surface area is 216 Å². The number of rotatable bonds is 10. The van der Waals surface area contributed by atoms with Crippen LogP contribution in [-0.4, -0.2) is 35.8 Å². The van der Waals surface area contributed by atoms with Crippen molar-refractivity contribution in [2.24, 2.45) is 0 Å². The van der Waals surface area contributed by atoms with Gasteiger partial charge in [-0.15, -0.1) is 0 Å². The molecule has 3 aromatic carbocycles. The van der Waals surface area contributed by atoms with E-state index in [4.69, 9.17) is 14.5 Å². The molecule has 0 radical (unpaired) electrons. The number of hydrogen-bond acceptors (Lipinski definition) is 5. The van der Waals surface area contributed by atoms with Crippen LogP contribution in [-0.2, 0) is 11.2 Å². The van der Waals surface area contributed by atoms with Crippen molar-refractivity contribution in [2.45, 2.75) is 31.8 Å². The Morgan fingerprint density at radius 1 is 0.944 bits per heavy atom. The Balaban J connectivity index is 1.50. The Morgan fingerprint density at radius 3 is 2.19 bits per heavy atom. The monoisotopic (exact) mass is 501 g/mol. The van der Waals surface area contributed by atoms with Crippen LogP contribution in [0.5, 0.6) is 11.5 Å². The number of amides is 1. The number of carbonyl (C=O) groups excluding carboxylic acids is 1. The zero-order chi connectivity index (χ0) is 25.5. The van der Waals surface area contributed by atoms with Gasteiger partial charge in [-0.1, -0.05) is 36.9 Å². The first-order valence-corrected chi connectivity index (χ1v) is 12.9. The van der Waals surface area contributed by atoms with E-state index in [1.807, 2.05) is 67.6 Å². The normalized spacial score (nSPS) is 10.8. The molecule has 186 valence electrons. The molecular formula is C29H31N3O3S. The van der Waals surface area contributed by atoms with E-state index in [-0.39, 0.29) is 5.91 Å². The quantitative estimate of drug-likeness (QED) is 0.235. The fourth-order valence-electron chi connectivity index (χ4n) is 3.99. The second kappa shape index (κ2) is 11.8. The lowest BCUT2D eigenvalue weighted by atomic mass is 10.0. The largest absolute Gasteiger partial charge is 0.497 e. The topological polar surface area (TPSA) is 76.2 Å². The number of H-pyrrole nitrogens is 1. The van der Waals surface area contributed by atoms with Gasteiger partial charge in [0.05, 0.1) is 25.6 Å². The highest BCUT2D eigenvalue weighted by molar-refractivity contribution is 7.99. The van der Waals surface area contributed by atoms with Gasteiger partial charge in [-0.3, -0.25) is 4.79 Å². The second-order valence-electron chi connectivity index (χ2n) is 8.33. The number of hydrogen-bond donors (Lipinski definition) is 2. The smallest absolute Gasteiger partial charge is 0.225 e. The summed E-state index contributed by atoms with van der Waals surface area (Å²) < 4.78 is 10.6. The zero-order valence-electron chi connectivity index (χ0n) is 21.1. The van der Waals surface area contributed by atoms with E-state index in [1.54, 1.807) is 14.2 Å². The summed E-state index contributed by atoms with van der Waals surface area (Å²) in [4.78, 5) is 21.0. The van der Waals surface area contributed by atoms with Crippen LogP contribution >= 0.6 is 11.8 Å². The molecule has 0 saturated carbocycles. The Morgan fingerprint density at radius 2 is 1.58 bits per heavy atom. The lowest BCUT2D eigenvalue weighted by Crippen LogP contribution is -2.14. The van der Waals surface area contributed by atoms with Crippen LogP contribution < -0.4 is 14.8 Å². The van der Waals surface area contributed by atoms with Crippen LogP contribution in [0.15, 0.2) is 71.9 Å². The first kappa shape index (κ1) is 25.4. The molecule has 1 aromatic heterocycles. The van der Waals surface area contributed by atoms with E-state index in [2.05, 4.69) is 23.3 Å². The molecule has 4 aromatic rings. The fourth-order valence-corrected chi connectivity index (χ4v) is 4.80. The standard InChI is InChI=1S/C29H31N3O3S/c1-5-20-8-6-7-19(2)26(20)30-25(33)17-18-36-29-31-27(21-9-13-23(34-3)14-10-21)28(32-29)22-11-15-24(35-4)16-12-22/h6-16H,5,17-18H2,1-4H3,(H,30,33)(H,31,32). The summed E-state index contributed by atoms with van der Waals surface area (Å²) in [5.41, 5.74) is 6.91. The van der Waals surface area contributed by atoms with Crippen LogP contribution in [0.3, 0.4) is 0 Å². The van der Waals surface area contributed by atoms with Crippen LogP contribution in [0, 0.1) is 6.92 Å². The van der Waals surface area contributed by atoms with E-state index >= 15 is 0 Å². The maximum absolute atomic E-state index is 12.7. The van der Waals surface area contributed by atoms with Gasteiger partial charge >= 0.3 is 0 Å². The lowest BCUT2D eigenvalue weighted by molar-refractivity contribution is -0.115. The molecule has 0 aliphatic carbocycles. The highest BCUT2D eigenvalue weighted by Gasteiger charge is 2.16. The van der Waals surface area contributed by atoms with Crippen molar-refractivity contribution < 1.29 is 14.3 Å². The van der Waals surface area contributed by atoms with E-state index in [0.29, 0.717) is 12.2 Å². The molecule has 4 rings (SSSR count). The summed E-state index contributed by atoms with van der Waals surface area (Å²) in [7, 11) is 3.31. The Hall–Kier alpha value is -3.71. The van der Waals surface area contributed by atoms with Crippen LogP contribution in [0.2, 0.25) is 0 Å². The molecule has 7 heteroatoms. The molecule has 0 unspecified atom stereocenters. The number of thioether (sulfide) groups is 1. The predicted molar refractivity (Wildman–Crippen MR) is 147 cm³/mol. The molecule has 0 bridgehead atoms. The number of ether oxygens (including phenoxy) is 2. The fraction of sp³-hybridized carbons (Fsp3) is 0.241. The van der Waals surface area contributed by atoms with E-state index in [0.717, 1.165) is 62.4 Å². The molecule has 6 nitrogen and oxygen atoms in total. The number of imidazole rings is 1. The summed E-state index contributed by atoms with van der Waals surface area (Å²) >= 11 is 1.54. The molecule has 0 aliphatic rings. The van der Waals surface area contributed by atoms with Gasteiger partial charge in [0.25, 0.3) is 0 Å². The first-order chi connectivity index (χ1) is 17.5. The Bertz CT molecular complexity index is 1250.